The highest BCUT2D eigenvalue weighted by molar-refractivity contribution is 7.92. The highest BCUT2D eigenvalue weighted by Gasteiger charge is 2.20. The number of rotatable bonds is 5. The summed E-state index contributed by atoms with van der Waals surface area (Å²) in [5.41, 5.74) is 0.736. The number of carbonyl (C=O) groups excluding carboxylic acids is 1. The van der Waals surface area contributed by atoms with Crippen molar-refractivity contribution in [3.05, 3.63) is 30.0 Å². The Morgan fingerprint density at radius 3 is 2.55 bits per heavy atom. The van der Waals surface area contributed by atoms with Crippen molar-refractivity contribution >= 4 is 38.4 Å². The molecule has 0 fully saturated rings. The fourth-order valence-electron chi connectivity index (χ4n) is 1.77. The van der Waals surface area contributed by atoms with Gasteiger partial charge in [0.25, 0.3) is 0 Å². The Balaban J connectivity index is 2.18. The second kappa shape index (κ2) is 5.80. The molecule has 2 aromatic rings. The molecule has 8 heteroatoms. The lowest BCUT2D eigenvalue weighted by atomic mass is 10.2. The molecule has 0 saturated carbocycles. The van der Waals surface area contributed by atoms with E-state index >= 15 is 0 Å². The lowest BCUT2D eigenvalue weighted by Gasteiger charge is -2.08. The normalized spacial score (nSPS) is 11.8. The molecule has 0 aliphatic carbocycles. The minimum absolute atomic E-state index is 0.208. The Bertz CT molecular complexity index is 834. The summed E-state index contributed by atoms with van der Waals surface area (Å²) in [6, 6.07) is 5.87. The summed E-state index contributed by atoms with van der Waals surface area (Å²) in [6.45, 7) is 3.02. The number of carboxylic acid groups (broad SMARTS) is 1. The molecular formula is C14H15NO6S. The molecule has 0 saturated heterocycles. The highest BCUT2D eigenvalue weighted by atomic mass is 32.2. The molecule has 0 radical (unpaired) electrons. The smallest absolute Gasteiger partial charge is 0.371 e. The van der Waals surface area contributed by atoms with Crippen molar-refractivity contribution in [2.24, 2.45) is 0 Å². The first-order chi connectivity index (χ1) is 10.2. The van der Waals surface area contributed by atoms with E-state index in [9.17, 15) is 18.0 Å². The molecule has 1 aromatic heterocycles. The monoisotopic (exact) mass is 325 g/mol. The summed E-state index contributed by atoms with van der Waals surface area (Å²) in [5, 5.41) is 11.2. The van der Waals surface area contributed by atoms with Crippen molar-refractivity contribution < 1.29 is 27.5 Å². The quantitative estimate of drug-likeness (QED) is 0.868. The molecular weight excluding hydrogens is 310 g/mol. The van der Waals surface area contributed by atoms with Gasteiger partial charge >= 0.3 is 5.97 Å². The van der Waals surface area contributed by atoms with Crippen LogP contribution in [0.2, 0.25) is 0 Å². The minimum atomic E-state index is -3.48. The first-order valence-corrected chi connectivity index (χ1v) is 8.19. The number of fused-ring (bicyclic) bond motifs is 1. The Morgan fingerprint density at radius 1 is 1.27 bits per heavy atom. The predicted octanol–water partition coefficient (Wildman–Crippen LogP) is 1.89. The highest BCUT2D eigenvalue weighted by Crippen LogP contribution is 2.23. The van der Waals surface area contributed by atoms with Crippen molar-refractivity contribution in [2.45, 2.75) is 19.1 Å². The van der Waals surface area contributed by atoms with Gasteiger partial charge in [-0.2, -0.15) is 0 Å². The van der Waals surface area contributed by atoms with Crippen LogP contribution in [0.3, 0.4) is 0 Å². The standard InChI is InChI=1S/C14H15NO6S/c1-8(2)22(19,20)7-13(16)15-10-3-4-11-9(5-10)6-12(21-11)14(17)18/h3-6,8H,7H2,1-2H3,(H,15,16)(H,17,18). The van der Waals surface area contributed by atoms with E-state index in [-0.39, 0.29) is 5.76 Å². The molecule has 0 aliphatic rings. The average molecular weight is 325 g/mol. The van der Waals surface area contributed by atoms with Gasteiger partial charge in [-0.1, -0.05) is 0 Å². The maximum absolute atomic E-state index is 11.8. The molecule has 1 heterocycles. The zero-order valence-electron chi connectivity index (χ0n) is 12.0. The van der Waals surface area contributed by atoms with Crippen LogP contribution in [-0.2, 0) is 14.6 Å². The third-order valence-electron chi connectivity index (χ3n) is 3.06. The van der Waals surface area contributed by atoms with Crippen LogP contribution in [0.1, 0.15) is 24.4 Å². The zero-order valence-corrected chi connectivity index (χ0v) is 12.8. The van der Waals surface area contributed by atoms with Gasteiger partial charge in [-0.25, -0.2) is 13.2 Å². The number of nitrogens with one attached hydrogen (secondary N) is 1. The number of furan rings is 1. The molecule has 0 aliphatic heterocycles. The van der Waals surface area contributed by atoms with Crippen molar-refractivity contribution in [1.82, 2.24) is 0 Å². The summed E-state index contributed by atoms with van der Waals surface area (Å²) < 4.78 is 28.5. The minimum Gasteiger partial charge on any atom is -0.475 e. The molecule has 7 nitrogen and oxygen atoms in total. The topological polar surface area (TPSA) is 114 Å². The number of carboxylic acids is 1. The number of amides is 1. The number of aromatic carboxylic acids is 1. The molecule has 0 unspecified atom stereocenters. The molecule has 118 valence electrons. The van der Waals surface area contributed by atoms with E-state index in [2.05, 4.69) is 5.32 Å². The molecule has 2 rings (SSSR count). The number of sulfone groups is 1. The van der Waals surface area contributed by atoms with Crippen LogP contribution >= 0.6 is 0 Å². The number of anilines is 1. The molecule has 1 amide bonds. The number of hydrogen-bond donors (Lipinski definition) is 2. The van der Waals surface area contributed by atoms with Crippen LogP contribution in [0.15, 0.2) is 28.7 Å². The van der Waals surface area contributed by atoms with Gasteiger partial charge in [-0.05, 0) is 38.1 Å². The average Bonchev–Trinajstić information content (AvgIpc) is 2.80. The van der Waals surface area contributed by atoms with Crippen molar-refractivity contribution in [1.29, 1.82) is 0 Å². The summed E-state index contributed by atoms with van der Waals surface area (Å²) in [5.74, 6) is -2.64. The van der Waals surface area contributed by atoms with E-state index in [1.54, 1.807) is 0 Å². The van der Waals surface area contributed by atoms with Gasteiger partial charge in [0, 0.05) is 11.1 Å². The van der Waals surface area contributed by atoms with Crippen molar-refractivity contribution in [2.75, 3.05) is 11.1 Å². The second-order valence-corrected chi connectivity index (χ2v) is 7.63. The van der Waals surface area contributed by atoms with Gasteiger partial charge in [-0.15, -0.1) is 0 Å². The van der Waals surface area contributed by atoms with Gasteiger partial charge in [0.15, 0.2) is 9.84 Å². The number of hydrogen-bond acceptors (Lipinski definition) is 5. The fraction of sp³-hybridized carbons (Fsp3) is 0.286. The molecule has 1 aromatic carbocycles. The van der Waals surface area contributed by atoms with Gasteiger partial charge in [-0.3, -0.25) is 4.79 Å². The van der Waals surface area contributed by atoms with Crippen LogP contribution in [0.25, 0.3) is 11.0 Å². The maximum Gasteiger partial charge on any atom is 0.371 e. The zero-order chi connectivity index (χ0) is 16.5. The summed E-state index contributed by atoms with van der Waals surface area (Å²) in [7, 11) is -3.48. The third-order valence-corrected chi connectivity index (χ3v) is 5.16. The lowest BCUT2D eigenvalue weighted by molar-refractivity contribution is -0.113. The van der Waals surface area contributed by atoms with Crippen LogP contribution in [0, 0.1) is 0 Å². The van der Waals surface area contributed by atoms with Crippen LogP contribution in [-0.4, -0.2) is 36.4 Å². The first kappa shape index (κ1) is 16.0. The van der Waals surface area contributed by atoms with Crippen molar-refractivity contribution in [3.63, 3.8) is 0 Å². The summed E-state index contributed by atoms with van der Waals surface area (Å²) in [4.78, 5) is 22.6. The molecule has 0 bridgehead atoms. The SMILES string of the molecule is CC(C)S(=O)(=O)CC(=O)Nc1ccc2oc(C(=O)O)cc2c1. The van der Waals surface area contributed by atoms with Gasteiger partial charge in [0.1, 0.15) is 11.3 Å². The van der Waals surface area contributed by atoms with Gasteiger partial charge < -0.3 is 14.8 Å². The lowest BCUT2D eigenvalue weighted by Crippen LogP contribution is -2.27. The van der Waals surface area contributed by atoms with E-state index in [4.69, 9.17) is 9.52 Å². The van der Waals surface area contributed by atoms with E-state index < -0.39 is 32.7 Å². The van der Waals surface area contributed by atoms with E-state index in [1.165, 1.54) is 38.1 Å². The maximum atomic E-state index is 11.8. The third kappa shape index (κ3) is 3.45. The molecule has 2 N–H and O–H groups in total. The van der Waals surface area contributed by atoms with E-state index in [0.29, 0.717) is 16.7 Å². The Labute approximate surface area is 126 Å². The number of benzene rings is 1. The van der Waals surface area contributed by atoms with Crippen LogP contribution < -0.4 is 5.32 Å². The van der Waals surface area contributed by atoms with E-state index in [1.807, 2.05) is 0 Å². The van der Waals surface area contributed by atoms with Crippen LogP contribution in [0.4, 0.5) is 5.69 Å². The predicted molar refractivity (Wildman–Crippen MR) is 80.7 cm³/mol. The van der Waals surface area contributed by atoms with Gasteiger partial charge in [0.05, 0.1) is 5.25 Å². The summed E-state index contributed by atoms with van der Waals surface area (Å²) in [6.07, 6.45) is 0. The largest absolute Gasteiger partial charge is 0.475 e. The van der Waals surface area contributed by atoms with Crippen molar-refractivity contribution in [3.8, 4) is 0 Å². The Hall–Kier alpha value is -2.35. The first-order valence-electron chi connectivity index (χ1n) is 6.47. The molecule has 0 spiro atoms. The van der Waals surface area contributed by atoms with E-state index in [0.717, 1.165) is 0 Å². The Morgan fingerprint density at radius 2 is 1.95 bits per heavy atom. The molecule has 22 heavy (non-hydrogen) atoms. The summed E-state index contributed by atoms with van der Waals surface area (Å²) >= 11 is 0. The number of carbonyl (C=O) groups is 2. The second-order valence-electron chi connectivity index (χ2n) is 5.07. The van der Waals surface area contributed by atoms with Gasteiger partial charge in [0.2, 0.25) is 11.7 Å². The fourth-order valence-corrected chi connectivity index (χ4v) is 2.54. The molecule has 0 atom stereocenters. The Kier molecular flexibility index (Phi) is 4.23. The van der Waals surface area contributed by atoms with Crippen LogP contribution in [0.5, 0.6) is 0 Å².